The van der Waals surface area contributed by atoms with Gasteiger partial charge in [0.25, 0.3) is 11.5 Å². The van der Waals surface area contributed by atoms with Gasteiger partial charge in [-0.05, 0) is 42.8 Å². The number of morpholine rings is 1. The smallest absolute Gasteiger partial charge is 0.258 e. The van der Waals surface area contributed by atoms with Crippen molar-refractivity contribution in [1.82, 2.24) is 24.8 Å². The number of hydrogen-bond donors (Lipinski definition) is 2. The Morgan fingerprint density at radius 3 is 2.80 bits per heavy atom. The Bertz CT molecular complexity index is 1440. The molecule has 1 fully saturated rings. The Labute approximate surface area is 202 Å². The lowest BCUT2D eigenvalue weighted by molar-refractivity contribution is 0.0364. The molecule has 4 aromatic rings. The standard InChI is InChI=1S/C26H29N5O4/c1-3-27-25(32)18-12-17(13-20(14-18)34-2)22-15-19-16-29-24-21(4-5-28-24)23(19)31(26(22)33)7-6-30-8-10-35-11-9-30/h4-5,12-16H,3,6-11H2,1-2H3,(H,27,32)(H,28,29). The molecule has 0 unspecified atom stereocenters. The third kappa shape index (κ3) is 4.52. The highest BCUT2D eigenvalue weighted by molar-refractivity contribution is 6.03. The van der Waals surface area contributed by atoms with Crippen LogP contribution in [0.4, 0.5) is 0 Å². The van der Waals surface area contributed by atoms with E-state index in [1.54, 1.807) is 31.5 Å². The van der Waals surface area contributed by atoms with Gasteiger partial charge in [0.15, 0.2) is 0 Å². The number of aromatic amines is 1. The molecule has 3 aromatic heterocycles. The fourth-order valence-electron chi connectivity index (χ4n) is 4.63. The minimum absolute atomic E-state index is 0.116. The van der Waals surface area contributed by atoms with Crippen LogP contribution in [0.3, 0.4) is 0 Å². The molecule has 0 saturated carbocycles. The van der Waals surface area contributed by atoms with Gasteiger partial charge in [-0.25, -0.2) is 4.98 Å². The van der Waals surface area contributed by atoms with Gasteiger partial charge in [0.2, 0.25) is 0 Å². The summed E-state index contributed by atoms with van der Waals surface area (Å²) < 4.78 is 12.8. The van der Waals surface area contributed by atoms with Crippen molar-refractivity contribution >= 4 is 27.8 Å². The first kappa shape index (κ1) is 23.1. The zero-order valence-electron chi connectivity index (χ0n) is 20.0. The van der Waals surface area contributed by atoms with Gasteiger partial charge in [0.1, 0.15) is 11.4 Å². The zero-order chi connectivity index (χ0) is 24.4. The second-order valence-electron chi connectivity index (χ2n) is 8.58. The summed E-state index contributed by atoms with van der Waals surface area (Å²) in [5, 5.41) is 4.58. The molecule has 1 aliphatic rings. The van der Waals surface area contributed by atoms with E-state index >= 15 is 0 Å². The first-order valence-electron chi connectivity index (χ1n) is 11.9. The fourth-order valence-corrected chi connectivity index (χ4v) is 4.63. The third-order valence-corrected chi connectivity index (χ3v) is 6.43. The van der Waals surface area contributed by atoms with Crippen LogP contribution in [-0.2, 0) is 11.3 Å². The molecule has 0 bridgehead atoms. The van der Waals surface area contributed by atoms with E-state index in [-0.39, 0.29) is 11.5 Å². The normalized spacial score (nSPS) is 14.5. The number of fused-ring (bicyclic) bond motifs is 3. The van der Waals surface area contributed by atoms with Gasteiger partial charge in [-0.3, -0.25) is 14.5 Å². The molecule has 0 atom stereocenters. The van der Waals surface area contributed by atoms with Crippen molar-refractivity contribution in [2.75, 3.05) is 46.5 Å². The Kier molecular flexibility index (Phi) is 6.52. The number of methoxy groups -OCH3 is 1. The zero-order valence-corrected chi connectivity index (χ0v) is 20.0. The van der Waals surface area contributed by atoms with Gasteiger partial charge >= 0.3 is 0 Å². The van der Waals surface area contributed by atoms with Crippen LogP contribution in [-0.4, -0.2) is 71.8 Å². The predicted molar refractivity (Wildman–Crippen MR) is 135 cm³/mol. The highest BCUT2D eigenvalue weighted by Gasteiger charge is 2.18. The number of ether oxygens (including phenoxy) is 2. The third-order valence-electron chi connectivity index (χ3n) is 6.43. The summed E-state index contributed by atoms with van der Waals surface area (Å²) in [5.41, 5.74) is 3.05. The number of carbonyl (C=O) groups is 1. The Morgan fingerprint density at radius 1 is 1.20 bits per heavy atom. The van der Waals surface area contributed by atoms with E-state index < -0.39 is 0 Å². The van der Waals surface area contributed by atoms with Gasteiger partial charge < -0.3 is 24.3 Å². The van der Waals surface area contributed by atoms with Crippen molar-refractivity contribution in [3.63, 3.8) is 0 Å². The largest absolute Gasteiger partial charge is 0.497 e. The van der Waals surface area contributed by atoms with Crippen molar-refractivity contribution in [3.05, 3.63) is 58.6 Å². The van der Waals surface area contributed by atoms with E-state index in [0.29, 0.717) is 48.7 Å². The summed E-state index contributed by atoms with van der Waals surface area (Å²) in [6.07, 6.45) is 3.62. The Hall–Kier alpha value is -3.69. The van der Waals surface area contributed by atoms with Crippen molar-refractivity contribution < 1.29 is 14.3 Å². The van der Waals surface area contributed by atoms with Crippen LogP contribution in [0.2, 0.25) is 0 Å². The SMILES string of the molecule is CCNC(=O)c1cc(OC)cc(-c2cc3cnc4[nH]ccc4c3n(CCN3CCOCC3)c2=O)c1. The molecule has 182 valence electrons. The number of aromatic nitrogens is 3. The topological polar surface area (TPSA) is 101 Å². The molecule has 9 nitrogen and oxygen atoms in total. The molecule has 0 aliphatic carbocycles. The van der Waals surface area contributed by atoms with Crippen LogP contribution in [0.25, 0.3) is 33.1 Å². The summed E-state index contributed by atoms with van der Waals surface area (Å²) in [5.74, 6) is 0.305. The van der Waals surface area contributed by atoms with Crippen molar-refractivity contribution in [1.29, 1.82) is 0 Å². The quantitative estimate of drug-likeness (QED) is 0.426. The summed E-state index contributed by atoms with van der Waals surface area (Å²) >= 11 is 0. The average Bonchev–Trinajstić information content (AvgIpc) is 3.37. The van der Waals surface area contributed by atoms with Crippen molar-refractivity contribution in [2.24, 2.45) is 0 Å². The van der Waals surface area contributed by atoms with Gasteiger partial charge in [-0.2, -0.15) is 0 Å². The maximum Gasteiger partial charge on any atom is 0.258 e. The van der Waals surface area contributed by atoms with Crippen molar-refractivity contribution in [3.8, 4) is 16.9 Å². The number of nitrogens with zero attached hydrogens (tertiary/aromatic N) is 3. The maximum absolute atomic E-state index is 14.0. The molecule has 1 aromatic carbocycles. The number of pyridine rings is 2. The Balaban J connectivity index is 1.67. The summed E-state index contributed by atoms with van der Waals surface area (Å²) in [4.78, 5) is 36.5. The number of benzene rings is 1. The van der Waals surface area contributed by atoms with Crippen LogP contribution in [0.15, 0.2) is 47.5 Å². The predicted octanol–water partition coefficient (Wildman–Crippen LogP) is 2.64. The molecule has 0 spiro atoms. The molecule has 35 heavy (non-hydrogen) atoms. The van der Waals surface area contributed by atoms with Crippen molar-refractivity contribution in [2.45, 2.75) is 13.5 Å². The molecule has 0 radical (unpaired) electrons. The first-order valence-corrected chi connectivity index (χ1v) is 11.9. The van der Waals surface area contributed by atoms with Gasteiger partial charge in [0, 0.05) is 67.0 Å². The molecule has 2 N–H and O–H groups in total. The number of nitrogens with one attached hydrogen (secondary N) is 2. The monoisotopic (exact) mass is 475 g/mol. The molecule has 1 saturated heterocycles. The van der Waals surface area contributed by atoms with Gasteiger partial charge in [0.05, 0.1) is 25.8 Å². The molecular weight excluding hydrogens is 446 g/mol. The lowest BCUT2D eigenvalue weighted by atomic mass is 10.0. The van der Waals surface area contributed by atoms with E-state index in [1.807, 2.05) is 29.8 Å². The maximum atomic E-state index is 14.0. The molecular formula is C26H29N5O4. The number of hydrogen-bond acceptors (Lipinski definition) is 6. The molecule has 1 amide bonds. The second-order valence-corrected chi connectivity index (χ2v) is 8.58. The van der Waals surface area contributed by atoms with E-state index in [9.17, 15) is 9.59 Å². The molecule has 4 heterocycles. The summed E-state index contributed by atoms with van der Waals surface area (Å²) in [6.45, 7) is 6.73. The first-order chi connectivity index (χ1) is 17.1. The number of carbonyl (C=O) groups excluding carboxylic acids is 1. The summed E-state index contributed by atoms with van der Waals surface area (Å²) in [7, 11) is 1.55. The van der Waals surface area contributed by atoms with Gasteiger partial charge in [-0.1, -0.05) is 0 Å². The molecule has 1 aliphatic heterocycles. The van der Waals surface area contributed by atoms with E-state index in [0.717, 1.165) is 41.6 Å². The number of rotatable bonds is 7. The van der Waals surface area contributed by atoms with Crippen LogP contribution in [0, 0.1) is 0 Å². The van der Waals surface area contributed by atoms with Crippen LogP contribution in [0.1, 0.15) is 17.3 Å². The minimum atomic E-state index is -0.211. The lowest BCUT2D eigenvalue weighted by Gasteiger charge is -2.27. The second kappa shape index (κ2) is 9.89. The Morgan fingerprint density at radius 2 is 2.03 bits per heavy atom. The van der Waals surface area contributed by atoms with E-state index in [2.05, 4.69) is 20.2 Å². The highest BCUT2D eigenvalue weighted by atomic mass is 16.5. The van der Waals surface area contributed by atoms with E-state index in [1.165, 1.54) is 0 Å². The van der Waals surface area contributed by atoms with Crippen LogP contribution in [0.5, 0.6) is 5.75 Å². The van der Waals surface area contributed by atoms with Crippen LogP contribution >= 0.6 is 0 Å². The lowest BCUT2D eigenvalue weighted by Crippen LogP contribution is -2.39. The van der Waals surface area contributed by atoms with Gasteiger partial charge in [-0.15, -0.1) is 0 Å². The van der Waals surface area contributed by atoms with E-state index in [4.69, 9.17) is 9.47 Å². The fraction of sp³-hybridized carbons (Fsp3) is 0.346. The number of amides is 1. The highest BCUT2D eigenvalue weighted by Crippen LogP contribution is 2.29. The molecule has 5 rings (SSSR count). The molecule has 9 heteroatoms. The minimum Gasteiger partial charge on any atom is -0.497 e. The average molecular weight is 476 g/mol. The van der Waals surface area contributed by atoms with Crippen LogP contribution < -0.4 is 15.6 Å². The number of H-pyrrole nitrogens is 1. The summed E-state index contributed by atoms with van der Waals surface area (Å²) in [6, 6.07) is 9.02.